The van der Waals surface area contributed by atoms with Crippen molar-refractivity contribution in [3.05, 3.63) is 62.6 Å². The molecule has 0 saturated heterocycles. The van der Waals surface area contributed by atoms with Gasteiger partial charge in [-0.15, -0.1) is 0 Å². The van der Waals surface area contributed by atoms with Gasteiger partial charge in [0, 0.05) is 18.2 Å². The Kier molecular flexibility index (Phi) is 5.97. The zero-order valence-electron chi connectivity index (χ0n) is 16.7. The average molecular weight is 453 g/mol. The molecule has 2 amide bonds. The van der Waals surface area contributed by atoms with Gasteiger partial charge in [0.15, 0.2) is 0 Å². The maximum Gasteiger partial charge on any atom is 0.416 e. The normalized spacial score (nSPS) is 13.1. The van der Waals surface area contributed by atoms with E-state index in [0.717, 1.165) is 16.7 Å². The molecule has 0 radical (unpaired) electrons. The molecule has 0 spiro atoms. The van der Waals surface area contributed by atoms with Crippen LogP contribution in [0.15, 0.2) is 29.1 Å². The SMILES string of the molecule is CC(=O)N1Cc2c(O)c(C(=O)NCC(=O)O)c(=O)n(Cc3ccc(C(F)(F)F)cc3)c2C1. The number of carboxylic acid groups (broad SMARTS) is 1. The summed E-state index contributed by atoms with van der Waals surface area (Å²) in [5.74, 6) is -3.52. The van der Waals surface area contributed by atoms with Crippen LogP contribution >= 0.6 is 0 Å². The molecule has 0 fully saturated rings. The lowest BCUT2D eigenvalue weighted by Gasteiger charge is -2.16. The summed E-state index contributed by atoms with van der Waals surface area (Å²) in [6.07, 6.45) is -4.54. The highest BCUT2D eigenvalue weighted by Crippen LogP contribution is 2.32. The number of alkyl halides is 3. The average Bonchev–Trinajstić information content (AvgIpc) is 3.15. The minimum Gasteiger partial charge on any atom is -0.506 e. The number of fused-ring (bicyclic) bond motifs is 1. The first kappa shape index (κ1) is 22.8. The van der Waals surface area contributed by atoms with Crippen molar-refractivity contribution >= 4 is 17.8 Å². The first-order chi connectivity index (χ1) is 14.9. The van der Waals surface area contributed by atoms with E-state index in [1.165, 1.54) is 24.0 Å². The summed E-state index contributed by atoms with van der Waals surface area (Å²) in [6.45, 7) is 0.105. The smallest absolute Gasteiger partial charge is 0.416 e. The van der Waals surface area contributed by atoms with Crippen LogP contribution in [0.1, 0.15) is 39.7 Å². The Labute approximate surface area is 178 Å². The largest absolute Gasteiger partial charge is 0.506 e. The molecule has 32 heavy (non-hydrogen) atoms. The number of carbonyl (C=O) groups is 3. The summed E-state index contributed by atoms with van der Waals surface area (Å²) in [4.78, 5) is 49.3. The van der Waals surface area contributed by atoms with Gasteiger partial charge in [0.05, 0.1) is 25.2 Å². The third-order valence-electron chi connectivity index (χ3n) is 5.04. The standard InChI is InChI=1S/C20H18F3N3O6/c1-10(27)25-8-13-14(9-25)26(7-11-2-4-12(5-3-11)20(21,22)23)19(32)16(17(13)30)18(31)24-6-15(28)29/h2-5,30H,6-9H2,1H3,(H,24,31)(H,28,29). The molecule has 0 bridgehead atoms. The molecule has 12 heteroatoms. The maximum atomic E-state index is 13.1. The Morgan fingerprint density at radius 1 is 1.12 bits per heavy atom. The van der Waals surface area contributed by atoms with E-state index in [-0.39, 0.29) is 36.8 Å². The fraction of sp³-hybridized carbons (Fsp3) is 0.300. The first-order valence-corrected chi connectivity index (χ1v) is 9.29. The Hall–Kier alpha value is -3.83. The summed E-state index contributed by atoms with van der Waals surface area (Å²) < 4.78 is 39.5. The topological polar surface area (TPSA) is 129 Å². The van der Waals surface area contributed by atoms with Crippen LogP contribution in [-0.2, 0) is 35.4 Å². The molecule has 1 aromatic carbocycles. The molecule has 0 aliphatic carbocycles. The molecule has 3 rings (SSSR count). The van der Waals surface area contributed by atoms with Crippen LogP contribution in [0, 0.1) is 0 Å². The van der Waals surface area contributed by atoms with Crippen LogP contribution in [0.4, 0.5) is 13.2 Å². The van der Waals surface area contributed by atoms with Crippen LogP contribution in [0.2, 0.25) is 0 Å². The second-order valence-corrected chi connectivity index (χ2v) is 7.19. The van der Waals surface area contributed by atoms with Crippen LogP contribution in [0.5, 0.6) is 5.75 Å². The molecule has 0 saturated carbocycles. The summed E-state index contributed by atoms with van der Waals surface area (Å²) in [5.41, 5.74) is -1.87. The van der Waals surface area contributed by atoms with Crippen molar-refractivity contribution in [2.75, 3.05) is 6.54 Å². The lowest BCUT2D eigenvalue weighted by Crippen LogP contribution is -2.37. The van der Waals surface area contributed by atoms with Gasteiger partial charge in [0.2, 0.25) is 5.91 Å². The first-order valence-electron chi connectivity index (χ1n) is 9.29. The second kappa shape index (κ2) is 8.36. The Balaban J connectivity index is 2.08. The van der Waals surface area contributed by atoms with Gasteiger partial charge in [-0.05, 0) is 17.7 Å². The number of nitrogens with one attached hydrogen (secondary N) is 1. The van der Waals surface area contributed by atoms with Crippen molar-refractivity contribution < 1.29 is 37.8 Å². The van der Waals surface area contributed by atoms with Crippen molar-refractivity contribution in [3.8, 4) is 5.75 Å². The van der Waals surface area contributed by atoms with Crippen molar-refractivity contribution in [2.45, 2.75) is 32.7 Å². The number of nitrogens with zero attached hydrogens (tertiary/aromatic N) is 2. The van der Waals surface area contributed by atoms with Crippen molar-refractivity contribution in [1.82, 2.24) is 14.8 Å². The minimum atomic E-state index is -4.54. The van der Waals surface area contributed by atoms with Gasteiger partial charge in [-0.1, -0.05) is 12.1 Å². The summed E-state index contributed by atoms with van der Waals surface area (Å²) in [7, 11) is 0. The van der Waals surface area contributed by atoms with Crippen LogP contribution in [-0.4, -0.2) is 44.0 Å². The zero-order valence-corrected chi connectivity index (χ0v) is 16.7. The number of amides is 2. The quantitative estimate of drug-likeness (QED) is 0.626. The lowest BCUT2D eigenvalue weighted by molar-refractivity contribution is -0.138. The zero-order chi connectivity index (χ0) is 23.8. The summed E-state index contributed by atoms with van der Waals surface area (Å²) in [6, 6.07) is 4.06. The molecule has 1 aliphatic rings. The van der Waals surface area contributed by atoms with Gasteiger partial charge in [0.25, 0.3) is 11.5 Å². The number of hydrogen-bond acceptors (Lipinski definition) is 5. The third-order valence-corrected chi connectivity index (χ3v) is 5.04. The van der Waals surface area contributed by atoms with E-state index in [2.05, 4.69) is 0 Å². The van der Waals surface area contributed by atoms with Crippen molar-refractivity contribution in [3.63, 3.8) is 0 Å². The van der Waals surface area contributed by atoms with E-state index in [4.69, 9.17) is 5.11 Å². The Bertz CT molecular complexity index is 1160. The fourth-order valence-corrected chi connectivity index (χ4v) is 3.40. The van der Waals surface area contributed by atoms with Gasteiger partial charge in [-0.3, -0.25) is 19.2 Å². The molecule has 9 nitrogen and oxygen atoms in total. The number of carboxylic acids is 1. The number of aromatic hydroxyl groups is 1. The number of rotatable bonds is 5. The molecule has 3 N–H and O–H groups in total. The molecule has 2 aromatic rings. The van der Waals surface area contributed by atoms with E-state index in [9.17, 15) is 37.5 Å². The highest BCUT2D eigenvalue weighted by Gasteiger charge is 2.33. The molecular formula is C20H18F3N3O6. The Morgan fingerprint density at radius 2 is 1.75 bits per heavy atom. The minimum absolute atomic E-state index is 0.0505. The number of aliphatic carboxylic acids is 1. The number of aromatic nitrogens is 1. The molecular weight excluding hydrogens is 435 g/mol. The van der Waals surface area contributed by atoms with Crippen LogP contribution < -0.4 is 10.9 Å². The van der Waals surface area contributed by atoms with Crippen LogP contribution in [0.25, 0.3) is 0 Å². The van der Waals surface area contributed by atoms with Crippen LogP contribution in [0.3, 0.4) is 0 Å². The predicted molar refractivity (Wildman–Crippen MR) is 103 cm³/mol. The summed E-state index contributed by atoms with van der Waals surface area (Å²) >= 11 is 0. The monoisotopic (exact) mass is 453 g/mol. The van der Waals surface area contributed by atoms with E-state index in [1.807, 2.05) is 5.32 Å². The van der Waals surface area contributed by atoms with Crippen molar-refractivity contribution in [1.29, 1.82) is 0 Å². The summed E-state index contributed by atoms with van der Waals surface area (Å²) in [5, 5.41) is 21.3. The lowest BCUT2D eigenvalue weighted by atomic mass is 10.1. The van der Waals surface area contributed by atoms with Gasteiger partial charge in [-0.25, -0.2) is 0 Å². The molecule has 1 aromatic heterocycles. The molecule has 0 unspecified atom stereocenters. The molecule has 1 aliphatic heterocycles. The number of halogens is 3. The maximum absolute atomic E-state index is 13.1. The number of benzene rings is 1. The predicted octanol–water partition coefficient (Wildman–Crippen LogP) is 1.30. The molecule has 2 heterocycles. The number of hydrogen-bond donors (Lipinski definition) is 3. The highest BCUT2D eigenvalue weighted by molar-refractivity contribution is 5.98. The second-order valence-electron chi connectivity index (χ2n) is 7.19. The van der Waals surface area contributed by atoms with Gasteiger partial charge >= 0.3 is 12.1 Å². The van der Waals surface area contributed by atoms with Gasteiger partial charge in [0.1, 0.15) is 17.9 Å². The van der Waals surface area contributed by atoms with Crippen molar-refractivity contribution in [2.24, 2.45) is 0 Å². The van der Waals surface area contributed by atoms with Gasteiger partial charge in [-0.2, -0.15) is 13.2 Å². The van der Waals surface area contributed by atoms with E-state index in [1.54, 1.807) is 0 Å². The van der Waals surface area contributed by atoms with E-state index < -0.39 is 47.0 Å². The highest BCUT2D eigenvalue weighted by atomic mass is 19.4. The number of pyridine rings is 1. The molecule has 0 atom stereocenters. The molecule has 170 valence electrons. The fourth-order valence-electron chi connectivity index (χ4n) is 3.40. The van der Waals surface area contributed by atoms with Gasteiger partial charge < -0.3 is 25.0 Å². The third kappa shape index (κ3) is 4.43. The number of carbonyl (C=O) groups excluding carboxylic acids is 2. The van der Waals surface area contributed by atoms with E-state index in [0.29, 0.717) is 5.56 Å². The Morgan fingerprint density at radius 3 is 2.28 bits per heavy atom. The van der Waals surface area contributed by atoms with E-state index >= 15 is 0 Å².